The Labute approximate surface area is 118 Å². The third-order valence-corrected chi connectivity index (χ3v) is 2.80. The van der Waals surface area contributed by atoms with Gasteiger partial charge >= 0.3 is 5.97 Å². The zero-order valence-electron chi connectivity index (χ0n) is 10.1. The Kier molecular flexibility index (Phi) is 4.00. The monoisotopic (exact) mass is 293 g/mol. The van der Waals surface area contributed by atoms with Gasteiger partial charge in [-0.25, -0.2) is 9.18 Å². The number of hydrogen-bond donors (Lipinski definition) is 2. The highest BCUT2D eigenvalue weighted by Gasteiger charge is 2.14. The number of carboxylic acid groups (broad SMARTS) is 1. The highest BCUT2D eigenvalue weighted by molar-refractivity contribution is 6.31. The summed E-state index contributed by atoms with van der Waals surface area (Å²) < 4.78 is 12.8. The summed E-state index contributed by atoms with van der Waals surface area (Å²) in [5.74, 6) is -2.19. The standard InChI is InChI=1S/C14H9ClFNO3/c15-9-3-6-11(14(19)20)12(7-9)17-13(18)8-1-4-10(16)5-2-8/h1-7H,(H,17,18)(H,19,20). The quantitative estimate of drug-likeness (QED) is 0.911. The van der Waals surface area contributed by atoms with E-state index >= 15 is 0 Å². The fourth-order valence-corrected chi connectivity index (χ4v) is 1.77. The molecule has 4 nitrogen and oxygen atoms in total. The Balaban J connectivity index is 2.29. The lowest BCUT2D eigenvalue weighted by atomic mass is 10.1. The van der Waals surface area contributed by atoms with Gasteiger partial charge in [0, 0.05) is 10.6 Å². The van der Waals surface area contributed by atoms with Crippen molar-refractivity contribution in [3.05, 3.63) is 64.4 Å². The van der Waals surface area contributed by atoms with E-state index in [1.807, 2.05) is 0 Å². The van der Waals surface area contributed by atoms with E-state index in [-0.39, 0.29) is 16.8 Å². The molecule has 0 aliphatic heterocycles. The lowest BCUT2D eigenvalue weighted by Crippen LogP contribution is -2.14. The molecule has 20 heavy (non-hydrogen) atoms. The van der Waals surface area contributed by atoms with Gasteiger partial charge < -0.3 is 10.4 Å². The van der Waals surface area contributed by atoms with Crippen LogP contribution in [0.25, 0.3) is 0 Å². The van der Waals surface area contributed by atoms with Crippen molar-refractivity contribution in [2.24, 2.45) is 0 Å². The van der Waals surface area contributed by atoms with E-state index in [0.717, 1.165) is 12.1 Å². The van der Waals surface area contributed by atoms with Gasteiger partial charge in [-0.3, -0.25) is 4.79 Å². The maximum Gasteiger partial charge on any atom is 0.337 e. The van der Waals surface area contributed by atoms with E-state index in [1.165, 1.54) is 30.3 Å². The summed E-state index contributed by atoms with van der Waals surface area (Å²) in [5.41, 5.74) is 0.215. The normalized spacial score (nSPS) is 10.1. The second kappa shape index (κ2) is 5.71. The van der Waals surface area contributed by atoms with Crippen molar-refractivity contribution in [1.29, 1.82) is 0 Å². The van der Waals surface area contributed by atoms with Gasteiger partial charge in [0.15, 0.2) is 0 Å². The highest BCUT2D eigenvalue weighted by Crippen LogP contribution is 2.22. The van der Waals surface area contributed by atoms with Gasteiger partial charge in [-0.05, 0) is 42.5 Å². The molecule has 1 amide bonds. The van der Waals surface area contributed by atoms with E-state index in [1.54, 1.807) is 0 Å². The number of nitrogens with one attached hydrogen (secondary N) is 1. The Hall–Kier alpha value is -2.40. The number of halogens is 2. The second-order valence-corrected chi connectivity index (χ2v) is 4.39. The predicted octanol–water partition coefficient (Wildman–Crippen LogP) is 3.43. The lowest BCUT2D eigenvalue weighted by molar-refractivity contribution is 0.0698. The molecule has 2 aromatic rings. The van der Waals surface area contributed by atoms with Gasteiger partial charge in [0.25, 0.3) is 5.91 Å². The topological polar surface area (TPSA) is 66.4 Å². The van der Waals surface area contributed by atoms with Crippen LogP contribution in [0.4, 0.5) is 10.1 Å². The summed E-state index contributed by atoms with van der Waals surface area (Å²) in [6.45, 7) is 0. The van der Waals surface area contributed by atoms with Crippen LogP contribution in [0.15, 0.2) is 42.5 Å². The molecule has 0 saturated carbocycles. The number of aromatic carboxylic acids is 1. The van der Waals surface area contributed by atoms with Crippen LogP contribution >= 0.6 is 11.6 Å². The lowest BCUT2D eigenvalue weighted by Gasteiger charge is -2.09. The molecule has 102 valence electrons. The minimum Gasteiger partial charge on any atom is -0.478 e. The van der Waals surface area contributed by atoms with Crippen molar-refractivity contribution >= 4 is 29.2 Å². The number of carboxylic acids is 1. The Morgan fingerprint density at radius 3 is 2.35 bits per heavy atom. The van der Waals surface area contributed by atoms with Crippen molar-refractivity contribution in [2.45, 2.75) is 0 Å². The van der Waals surface area contributed by atoms with Crippen molar-refractivity contribution in [3.63, 3.8) is 0 Å². The number of anilines is 1. The molecule has 0 radical (unpaired) electrons. The minimum atomic E-state index is -1.18. The van der Waals surface area contributed by atoms with Crippen LogP contribution in [0, 0.1) is 5.82 Å². The van der Waals surface area contributed by atoms with E-state index in [2.05, 4.69) is 5.32 Å². The van der Waals surface area contributed by atoms with Crippen LogP contribution < -0.4 is 5.32 Å². The van der Waals surface area contributed by atoms with E-state index < -0.39 is 17.7 Å². The summed E-state index contributed by atoms with van der Waals surface area (Å²) in [6.07, 6.45) is 0. The third kappa shape index (κ3) is 3.13. The maximum atomic E-state index is 12.8. The molecule has 0 fully saturated rings. The fraction of sp³-hybridized carbons (Fsp3) is 0. The number of rotatable bonds is 3. The fourth-order valence-electron chi connectivity index (χ4n) is 1.60. The van der Waals surface area contributed by atoms with Crippen LogP contribution in [0.2, 0.25) is 5.02 Å². The summed E-state index contributed by atoms with van der Waals surface area (Å²) in [6, 6.07) is 8.94. The average Bonchev–Trinajstić information content (AvgIpc) is 2.39. The molecule has 0 spiro atoms. The highest BCUT2D eigenvalue weighted by atomic mass is 35.5. The van der Waals surface area contributed by atoms with E-state index in [4.69, 9.17) is 16.7 Å². The number of hydrogen-bond acceptors (Lipinski definition) is 2. The number of benzene rings is 2. The Morgan fingerprint density at radius 2 is 1.75 bits per heavy atom. The van der Waals surface area contributed by atoms with E-state index in [0.29, 0.717) is 5.02 Å². The first-order valence-electron chi connectivity index (χ1n) is 5.57. The van der Waals surface area contributed by atoms with Crippen LogP contribution in [0.1, 0.15) is 20.7 Å². The maximum absolute atomic E-state index is 12.8. The molecule has 2 N–H and O–H groups in total. The SMILES string of the molecule is O=C(Nc1cc(Cl)ccc1C(=O)O)c1ccc(F)cc1. The van der Waals surface area contributed by atoms with Gasteiger partial charge in [0.1, 0.15) is 5.82 Å². The first-order chi connectivity index (χ1) is 9.47. The summed E-state index contributed by atoms with van der Waals surface area (Å²) >= 11 is 5.78. The van der Waals surface area contributed by atoms with Crippen LogP contribution in [0.5, 0.6) is 0 Å². The third-order valence-electron chi connectivity index (χ3n) is 2.57. The summed E-state index contributed by atoms with van der Waals surface area (Å²) in [5, 5.41) is 11.8. The summed E-state index contributed by atoms with van der Waals surface area (Å²) in [4.78, 5) is 23.0. The van der Waals surface area contributed by atoms with Crippen LogP contribution in [-0.2, 0) is 0 Å². The van der Waals surface area contributed by atoms with E-state index in [9.17, 15) is 14.0 Å². The molecule has 0 aliphatic rings. The minimum absolute atomic E-state index is 0.0788. The Morgan fingerprint density at radius 1 is 1.10 bits per heavy atom. The van der Waals surface area contributed by atoms with Crippen LogP contribution in [-0.4, -0.2) is 17.0 Å². The molecular weight excluding hydrogens is 285 g/mol. The first-order valence-corrected chi connectivity index (χ1v) is 5.95. The largest absolute Gasteiger partial charge is 0.478 e. The molecule has 2 rings (SSSR count). The smallest absolute Gasteiger partial charge is 0.337 e. The molecule has 0 atom stereocenters. The molecule has 0 saturated heterocycles. The Bertz CT molecular complexity index is 671. The average molecular weight is 294 g/mol. The number of carbonyl (C=O) groups excluding carboxylic acids is 1. The molecule has 0 aliphatic carbocycles. The summed E-state index contributed by atoms with van der Waals surface area (Å²) in [7, 11) is 0. The molecule has 6 heteroatoms. The molecule has 0 aromatic heterocycles. The van der Waals surface area contributed by atoms with Gasteiger partial charge in [0.05, 0.1) is 11.3 Å². The number of carbonyl (C=O) groups is 2. The van der Waals surface area contributed by atoms with Crippen molar-refractivity contribution in [3.8, 4) is 0 Å². The first kappa shape index (κ1) is 14.0. The van der Waals surface area contributed by atoms with Crippen LogP contribution in [0.3, 0.4) is 0 Å². The van der Waals surface area contributed by atoms with Crippen molar-refractivity contribution in [2.75, 3.05) is 5.32 Å². The van der Waals surface area contributed by atoms with Gasteiger partial charge in [-0.1, -0.05) is 11.6 Å². The van der Waals surface area contributed by atoms with Gasteiger partial charge in [-0.15, -0.1) is 0 Å². The van der Waals surface area contributed by atoms with Gasteiger partial charge in [0.2, 0.25) is 0 Å². The van der Waals surface area contributed by atoms with Gasteiger partial charge in [-0.2, -0.15) is 0 Å². The second-order valence-electron chi connectivity index (χ2n) is 3.96. The molecular formula is C14H9ClFNO3. The van der Waals surface area contributed by atoms with Crippen molar-refractivity contribution in [1.82, 2.24) is 0 Å². The molecule has 0 heterocycles. The predicted molar refractivity (Wildman–Crippen MR) is 72.8 cm³/mol. The zero-order valence-corrected chi connectivity index (χ0v) is 10.8. The molecule has 2 aromatic carbocycles. The number of amides is 1. The molecule has 0 unspecified atom stereocenters. The molecule has 0 bridgehead atoms. The van der Waals surface area contributed by atoms with Crippen molar-refractivity contribution < 1.29 is 19.1 Å². The zero-order chi connectivity index (χ0) is 14.7.